The molecule has 0 radical (unpaired) electrons. The van der Waals surface area contributed by atoms with Crippen molar-refractivity contribution < 1.29 is 18.7 Å². The van der Waals surface area contributed by atoms with Crippen LogP contribution in [0.15, 0.2) is 76.4 Å². The van der Waals surface area contributed by atoms with Crippen molar-refractivity contribution >= 4 is 34.4 Å². The smallest absolute Gasteiger partial charge is 0.277 e. The van der Waals surface area contributed by atoms with E-state index in [2.05, 4.69) is 25.5 Å². The molecule has 1 amide bonds. The zero-order valence-corrected chi connectivity index (χ0v) is 19.8. The van der Waals surface area contributed by atoms with Crippen molar-refractivity contribution in [3.8, 4) is 34.3 Å². The second-order valence-electron chi connectivity index (χ2n) is 7.46. The van der Waals surface area contributed by atoms with E-state index >= 15 is 0 Å². The van der Waals surface area contributed by atoms with Crippen molar-refractivity contribution in [2.24, 2.45) is 0 Å². The fourth-order valence-corrected chi connectivity index (χ4v) is 4.06. The van der Waals surface area contributed by atoms with Crippen molar-refractivity contribution in [2.75, 3.05) is 25.3 Å². The number of aromatic amines is 1. The molecule has 0 aliphatic carbocycles. The molecule has 0 aliphatic rings. The molecule has 35 heavy (non-hydrogen) atoms. The minimum absolute atomic E-state index is 0.107. The van der Waals surface area contributed by atoms with E-state index in [9.17, 15) is 4.79 Å². The molecule has 0 bridgehead atoms. The number of amides is 1. The number of carbonyl (C=O) groups is 1. The first-order chi connectivity index (χ1) is 17.1. The van der Waals surface area contributed by atoms with Gasteiger partial charge in [0.25, 0.3) is 5.22 Å². The van der Waals surface area contributed by atoms with E-state index in [0.717, 1.165) is 39.7 Å². The number of hydrogen-bond acceptors (Lipinski definition) is 8. The standard InChI is InChI=1S/C25H21N5O4S/c1-32-20-11-9-17(13-21(20)33-2)26-22(31)14-35-25-30-29-24(34-25)16-8-10-18-19(12-16)28-23(27-18)15-6-4-3-5-7-15/h3-13H,14H2,1-2H3,(H,26,31)(H,27,28). The monoisotopic (exact) mass is 487 g/mol. The Bertz CT molecular complexity index is 1480. The van der Waals surface area contributed by atoms with Crippen molar-refractivity contribution in [3.63, 3.8) is 0 Å². The van der Waals surface area contributed by atoms with Gasteiger partial charge in [-0.3, -0.25) is 4.79 Å². The van der Waals surface area contributed by atoms with Crippen molar-refractivity contribution in [1.82, 2.24) is 20.2 Å². The molecule has 2 heterocycles. The van der Waals surface area contributed by atoms with Crippen LogP contribution in [0.25, 0.3) is 33.9 Å². The highest BCUT2D eigenvalue weighted by Crippen LogP contribution is 2.30. The Kier molecular flexibility index (Phi) is 6.36. The van der Waals surface area contributed by atoms with Crippen molar-refractivity contribution in [3.05, 3.63) is 66.7 Å². The number of benzene rings is 3. The number of methoxy groups -OCH3 is 2. The quantitative estimate of drug-likeness (QED) is 0.293. The van der Waals surface area contributed by atoms with Crippen LogP contribution >= 0.6 is 11.8 Å². The Morgan fingerprint density at radius 1 is 0.971 bits per heavy atom. The number of thioether (sulfide) groups is 1. The molecule has 3 aromatic carbocycles. The summed E-state index contributed by atoms with van der Waals surface area (Å²) in [6.07, 6.45) is 0. The largest absolute Gasteiger partial charge is 0.493 e. The number of rotatable bonds is 8. The summed E-state index contributed by atoms with van der Waals surface area (Å²) in [5.41, 5.74) is 4.07. The number of carbonyl (C=O) groups excluding carboxylic acids is 1. The van der Waals surface area contributed by atoms with Crippen molar-refractivity contribution in [1.29, 1.82) is 0 Å². The van der Waals surface area contributed by atoms with E-state index in [4.69, 9.17) is 13.9 Å². The summed E-state index contributed by atoms with van der Waals surface area (Å²) in [4.78, 5) is 20.3. The summed E-state index contributed by atoms with van der Waals surface area (Å²) in [5, 5.41) is 11.3. The lowest BCUT2D eigenvalue weighted by Crippen LogP contribution is -2.14. The molecular formula is C25H21N5O4S. The average Bonchev–Trinajstić information content (AvgIpc) is 3.55. The number of fused-ring (bicyclic) bond motifs is 1. The highest BCUT2D eigenvalue weighted by Gasteiger charge is 2.14. The van der Waals surface area contributed by atoms with E-state index < -0.39 is 0 Å². The summed E-state index contributed by atoms with van der Waals surface area (Å²) >= 11 is 1.16. The molecule has 5 aromatic rings. The summed E-state index contributed by atoms with van der Waals surface area (Å²) in [7, 11) is 3.10. The van der Waals surface area contributed by atoms with Gasteiger partial charge in [-0.05, 0) is 30.3 Å². The number of anilines is 1. The third kappa shape index (κ3) is 4.97. The van der Waals surface area contributed by atoms with Crippen LogP contribution in [0, 0.1) is 0 Å². The van der Waals surface area contributed by atoms with Gasteiger partial charge in [-0.25, -0.2) is 4.98 Å². The molecule has 0 aliphatic heterocycles. The topological polar surface area (TPSA) is 115 Å². The Labute approximate surface area is 204 Å². The van der Waals surface area contributed by atoms with E-state index in [1.165, 1.54) is 0 Å². The van der Waals surface area contributed by atoms with Gasteiger partial charge in [0.1, 0.15) is 5.82 Å². The zero-order valence-electron chi connectivity index (χ0n) is 18.9. The fourth-order valence-electron chi connectivity index (χ4n) is 3.50. The van der Waals surface area contributed by atoms with E-state index in [1.54, 1.807) is 32.4 Å². The number of nitrogens with one attached hydrogen (secondary N) is 2. The van der Waals surface area contributed by atoms with Gasteiger partial charge >= 0.3 is 0 Å². The molecule has 2 aromatic heterocycles. The first-order valence-corrected chi connectivity index (χ1v) is 11.7. The molecule has 0 atom stereocenters. The maximum Gasteiger partial charge on any atom is 0.277 e. The lowest BCUT2D eigenvalue weighted by molar-refractivity contribution is -0.113. The third-order valence-corrected chi connectivity index (χ3v) is 6.00. The molecule has 0 fully saturated rings. The molecule has 176 valence electrons. The van der Waals surface area contributed by atoms with Gasteiger partial charge in [0, 0.05) is 22.9 Å². The van der Waals surface area contributed by atoms with Gasteiger partial charge in [0.2, 0.25) is 11.8 Å². The second-order valence-corrected chi connectivity index (χ2v) is 8.39. The van der Waals surface area contributed by atoms with Crippen molar-refractivity contribution in [2.45, 2.75) is 5.22 Å². The number of aromatic nitrogens is 4. The Morgan fingerprint density at radius 2 is 1.80 bits per heavy atom. The molecule has 0 saturated heterocycles. The fraction of sp³-hybridized carbons (Fsp3) is 0.120. The summed E-state index contributed by atoms with van der Waals surface area (Å²) in [5.74, 6) is 2.17. The average molecular weight is 488 g/mol. The maximum atomic E-state index is 12.4. The number of nitrogens with zero attached hydrogens (tertiary/aromatic N) is 3. The van der Waals surface area contributed by atoms with Crippen LogP contribution in [0.4, 0.5) is 5.69 Å². The Hall–Kier alpha value is -4.31. The lowest BCUT2D eigenvalue weighted by atomic mass is 10.2. The third-order valence-electron chi connectivity index (χ3n) is 5.18. The van der Waals surface area contributed by atoms with Crippen LogP contribution in [-0.2, 0) is 4.79 Å². The van der Waals surface area contributed by atoms with Crippen LogP contribution in [0.2, 0.25) is 0 Å². The molecule has 2 N–H and O–H groups in total. The molecule has 9 nitrogen and oxygen atoms in total. The number of hydrogen-bond donors (Lipinski definition) is 2. The molecular weight excluding hydrogens is 466 g/mol. The van der Waals surface area contributed by atoms with Gasteiger partial charge in [-0.15, -0.1) is 10.2 Å². The summed E-state index contributed by atoms with van der Waals surface area (Å²) in [6.45, 7) is 0. The van der Waals surface area contributed by atoms with E-state index in [0.29, 0.717) is 28.3 Å². The van der Waals surface area contributed by atoms with Crippen LogP contribution in [0.5, 0.6) is 11.5 Å². The van der Waals surface area contributed by atoms with Gasteiger partial charge < -0.3 is 24.2 Å². The molecule has 10 heteroatoms. The predicted molar refractivity (Wildman–Crippen MR) is 134 cm³/mol. The summed E-state index contributed by atoms with van der Waals surface area (Å²) < 4.78 is 16.2. The number of H-pyrrole nitrogens is 1. The van der Waals surface area contributed by atoms with Gasteiger partial charge in [-0.2, -0.15) is 0 Å². The van der Waals surface area contributed by atoms with Gasteiger partial charge in [0.15, 0.2) is 11.5 Å². The highest BCUT2D eigenvalue weighted by molar-refractivity contribution is 7.99. The second kappa shape index (κ2) is 9.90. The maximum absolute atomic E-state index is 12.4. The van der Waals surface area contributed by atoms with Gasteiger partial charge in [0.05, 0.1) is 31.0 Å². The normalized spacial score (nSPS) is 10.9. The molecule has 0 unspecified atom stereocenters. The van der Waals surface area contributed by atoms with Gasteiger partial charge in [-0.1, -0.05) is 42.1 Å². The Balaban J connectivity index is 1.24. The molecule has 0 saturated carbocycles. The van der Waals surface area contributed by atoms with E-state index in [-0.39, 0.29) is 11.7 Å². The number of imidazole rings is 1. The van der Waals surface area contributed by atoms with Crippen LogP contribution in [0.1, 0.15) is 0 Å². The Morgan fingerprint density at radius 3 is 2.60 bits per heavy atom. The van der Waals surface area contributed by atoms with Crippen LogP contribution in [0.3, 0.4) is 0 Å². The SMILES string of the molecule is COc1ccc(NC(=O)CSc2nnc(-c3ccc4nc(-c5ccccc5)[nH]c4c3)o2)cc1OC. The first-order valence-electron chi connectivity index (χ1n) is 10.7. The predicted octanol–water partition coefficient (Wildman–Crippen LogP) is 5.03. The number of ether oxygens (including phenoxy) is 2. The molecule has 0 spiro atoms. The lowest BCUT2D eigenvalue weighted by Gasteiger charge is -2.10. The van der Waals surface area contributed by atoms with Crippen LogP contribution < -0.4 is 14.8 Å². The minimum atomic E-state index is -0.214. The van der Waals surface area contributed by atoms with Crippen LogP contribution in [-0.4, -0.2) is 46.0 Å². The first kappa shape index (κ1) is 22.5. The minimum Gasteiger partial charge on any atom is -0.493 e. The highest BCUT2D eigenvalue weighted by atomic mass is 32.2. The van der Waals surface area contributed by atoms with E-state index in [1.807, 2.05) is 48.5 Å². The summed E-state index contributed by atoms with van der Waals surface area (Å²) in [6, 6.07) is 20.8. The zero-order chi connectivity index (χ0) is 24.2. The molecule has 5 rings (SSSR count).